The molecule has 1 fully saturated rings. The first-order valence-electron chi connectivity index (χ1n) is 8.72. The number of amides is 1. The van der Waals surface area contributed by atoms with Crippen molar-refractivity contribution >= 4 is 42.5 Å². The van der Waals surface area contributed by atoms with Gasteiger partial charge in [-0.15, -0.1) is 24.8 Å². The molecule has 0 unspecified atom stereocenters. The van der Waals surface area contributed by atoms with Gasteiger partial charge in [0.25, 0.3) is 0 Å². The van der Waals surface area contributed by atoms with Gasteiger partial charge in [-0.05, 0) is 18.9 Å². The Kier molecular flexibility index (Phi) is 10.2. The zero-order chi connectivity index (χ0) is 17.7. The number of anilines is 2. The third-order valence-electron chi connectivity index (χ3n) is 5.12. The molecule has 0 aliphatic carbocycles. The summed E-state index contributed by atoms with van der Waals surface area (Å²) in [6, 6.07) is 1.92. The minimum absolute atomic E-state index is 0. The summed E-state index contributed by atoms with van der Waals surface area (Å²) in [6.07, 6.45) is 3.36. The summed E-state index contributed by atoms with van der Waals surface area (Å²) in [4.78, 5) is 27.8. The fourth-order valence-corrected chi connectivity index (χ4v) is 3.13. The van der Waals surface area contributed by atoms with Crippen LogP contribution in [0.25, 0.3) is 0 Å². The quantitative estimate of drug-likeness (QED) is 0.775. The molecular formula is C17H32Cl2N6O. The first kappa shape index (κ1) is 24.7. The normalized spacial score (nSPS) is 14.3. The molecule has 2 rings (SSSR count). The molecule has 1 aromatic heterocycles. The summed E-state index contributed by atoms with van der Waals surface area (Å²) < 4.78 is 0. The number of carbonyl (C=O) groups is 1. The highest BCUT2D eigenvalue weighted by Crippen LogP contribution is 2.28. The van der Waals surface area contributed by atoms with E-state index in [1.165, 1.54) is 0 Å². The van der Waals surface area contributed by atoms with E-state index in [-0.39, 0.29) is 30.7 Å². The third kappa shape index (κ3) is 5.11. The van der Waals surface area contributed by atoms with Gasteiger partial charge >= 0.3 is 0 Å². The van der Waals surface area contributed by atoms with Crippen LogP contribution in [0.1, 0.15) is 26.7 Å². The van der Waals surface area contributed by atoms with Gasteiger partial charge in [0.1, 0.15) is 5.82 Å². The summed E-state index contributed by atoms with van der Waals surface area (Å²) in [5, 5.41) is 0. The summed E-state index contributed by atoms with van der Waals surface area (Å²) in [7, 11) is 3.86. The third-order valence-corrected chi connectivity index (χ3v) is 5.12. The molecule has 1 saturated heterocycles. The molecule has 0 atom stereocenters. The Morgan fingerprint density at radius 3 is 2.23 bits per heavy atom. The number of halogens is 2. The Labute approximate surface area is 169 Å². The highest BCUT2D eigenvalue weighted by atomic mass is 35.5. The van der Waals surface area contributed by atoms with Crippen molar-refractivity contribution in [3.63, 3.8) is 0 Å². The van der Waals surface area contributed by atoms with Gasteiger partial charge in [0.2, 0.25) is 11.9 Å². The zero-order valence-electron chi connectivity index (χ0n) is 16.1. The van der Waals surface area contributed by atoms with Gasteiger partial charge < -0.3 is 20.4 Å². The van der Waals surface area contributed by atoms with Crippen LogP contribution in [0.15, 0.2) is 12.3 Å². The molecule has 0 aromatic carbocycles. The van der Waals surface area contributed by atoms with Crippen LogP contribution in [-0.4, -0.2) is 67.6 Å². The van der Waals surface area contributed by atoms with E-state index in [2.05, 4.69) is 14.9 Å². The Bertz CT molecular complexity index is 552. The average Bonchev–Trinajstić information content (AvgIpc) is 2.63. The lowest BCUT2D eigenvalue weighted by atomic mass is 9.81. The standard InChI is InChI=1S/C17H30N6O.2ClH/c1-5-17(6-2,13-18)15(24)23-11-9-22(10-12-23)14-7-8-19-16(20-14)21(3)4;;/h7-8H,5-6,9-13,18H2,1-4H3;2*1H. The molecule has 0 spiro atoms. The SMILES string of the molecule is CCC(CC)(CN)C(=O)N1CCN(c2ccnc(N(C)C)n2)CC1.Cl.Cl. The fourth-order valence-electron chi connectivity index (χ4n) is 3.13. The van der Waals surface area contributed by atoms with Crippen molar-refractivity contribution in [3.05, 3.63) is 12.3 Å². The second-order valence-corrected chi connectivity index (χ2v) is 6.58. The number of nitrogens with two attached hydrogens (primary N) is 1. The first-order chi connectivity index (χ1) is 11.5. The Morgan fingerprint density at radius 2 is 1.77 bits per heavy atom. The van der Waals surface area contributed by atoms with Crippen LogP contribution >= 0.6 is 24.8 Å². The van der Waals surface area contributed by atoms with Gasteiger partial charge in [0.15, 0.2) is 0 Å². The largest absolute Gasteiger partial charge is 0.353 e. The second-order valence-electron chi connectivity index (χ2n) is 6.58. The number of carbonyl (C=O) groups excluding carboxylic acids is 1. The van der Waals surface area contributed by atoms with E-state index in [1.807, 2.05) is 43.8 Å². The summed E-state index contributed by atoms with van der Waals surface area (Å²) in [6.45, 7) is 7.50. The Morgan fingerprint density at radius 1 is 1.19 bits per heavy atom. The minimum atomic E-state index is -0.408. The molecule has 7 nitrogen and oxygen atoms in total. The molecule has 0 radical (unpaired) electrons. The van der Waals surface area contributed by atoms with E-state index < -0.39 is 5.41 Å². The predicted molar refractivity (Wildman–Crippen MR) is 112 cm³/mol. The first-order valence-corrected chi connectivity index (χ1v) is 8.72. The van der Waals surface area contributed by atoms with E-state index in [1.54, 1.807) is 6.20 Å². The van der Waals surface area contributed by atoms with Crippen molar-refractivity contribution in [2.75, 3.05) is 56.6 Å². The smallest absolute Gasteiger partial charge is 0.230 e. The van der Waals surface area contributed by atoms with Crippen molar-refractivity contribution < 1.29 is 4.79 Å². The number of hydrogen-bond donors (Lipinski definition) is 1. The van der Waals surface area contributed by atoms with Crippen LogP contribution in [0, 0.1) is 5.41 Å². The van der Waals surface area contributed by atoms with Gasteiger partial charge in [0.05, 0.1) is 5.41 Å². The van der Waals surface area contributed by atoms with Crippen LogP contribution in [0.4, 0.5) is 11.8 Å². The Hall–Kier alpha value is -1.31. The molecule has 0 bridgehead atoms. The van der Waals surface area contributed by atoms with Gasteiger partial charge in [0, 0.05) is 53.0 Å². The lowest BCUT2D eigenvalue weighted by Crippen LogP contribution is -2.55. The highest BCUT2D eigenvalue weighted by Gasteiger charge is 2.37. The van der Waals surface area contributed by atoms with Crippen molar-refractivity contribution in [2.45, 2.75) is 26.7 Å². The van der Waals surface area contributed by atoms with Crippen molar-refractivity contribution in [3.8, 4) is 0 Å². The van der Waals surface area contributed by atoms with Crippen LogP contribution in [0.2, 0.25) is 0 Å². The minimum Gasteiger partial charge on any atom is -0.353 e. The summed E-state index contributed by atoms with van der Waals surface area (Å²) in [5.74, 6) is 1.81. The second kappa shape index (κ2) is 10.7. The van der Waals surface area contributed by atoms with E-state index in [9.17, 15) is 4.79 Å². The monoisotopic (exact) mass is 406 g/mol. The van der Waals surface area contributed by atoms with Gasteiger partial charge in [-0.2, -0.15) is 4.98 Å². The molecule has 1 amide bonds. The van der Waals surface area contributed by atoms with Crippen LogP contribution < -0.4 is 15.5 Å². The van der Waals surface area contributed by atoms with Crippen LogP contribution in [0.3, 0.4) is 0 Å². The number of nitrogens with zero attached hydrogens (tertiary/aromatic N) is 5. The van der Waals surface area contributed by atoms with Crippen molar-refractivity contribution in [2.24, 2.45) is 11.1 Å². The highest BCUT2D eigenvalue weighted by molar-refractivity contribution is 5.85. The summed E-state index contributed by atoms with van der Waals surface area (Å²) >= 11 is 0. The molecule has 1 aliphatic rings. The van der Waals surface area contributed by atoms with Crippen molar-refractivity contribution in [1.82, 2.24) is 14.9 Å². The molecule has 1 aromatic rings. The number of aromatic nitrogens is 2. The van der Waals surface area contributed by atoms with Crippen LogP contribution in [-0.2, 0) is 4.79 Å². The maximum Gasteiger partial charge on any atom is 0.230 e. The molecule has 9 heteroatoms. The predicted octanol–water partition coefficient (Wildman–Crippen LogP) is 1.80. The molecule has 26 heavy (non-hydrogen) atoms. The van der Waals surface area contributed by atoms with E-state index in [4.69, 9.17) is 5.73 Å². The molecule has 2 N–H and O–H groups in total. The van der Waals surface area contributed by atoms with Gasteiger partial charge in [-0.3, -0.25) is 4.79 Å². The summed E-state index contributed by atoms with van der Waals surface area (Å²) in [5.41, 5.74) is 5.51. The maximum absolute atomic E-state index is 12.9. The maximum atomic E-state index is 12.9. The van der Waals surface area contributed by atoms with Crippen molar-refractivity contribution in [1.29, 1.82) is 0 Å². The lowest BCUT2D eigenvalue weighted by molar-refractivity contribution is -0.142. The molecular weight excluding hydrogens is 375 g/mol. The van der Waals surface area contributed by atoms with E-state index in [0.29, 0.717) is 25.6 Å². The lowest BCUT2D eigenvalue weighted by Gasteiger charge is -2.40. The molecule has 2 heterocycles. The van der Waals surface area contributed by atoms with Gasteiger partial charge in [-0.1, -0.05) is 13.8 Å². The topological polar surface area (TPSA) is 78.6 Å². The average molecular weight is 407 g/mol. The van der Waals surface area contributed by atoms with Gasteiger partial charge in [-0.25, -0.2) is 4.98 Å². The molecule has 1 aliphatic heterocycles. The zero-order valence-corrected chi connectivity index (χ0v) is 17.8. The number of rotatable bonds is 6. The fraction of sp³-hybridized carbons (Fsp3) is 0.706. The number of hydrogen-bond acceptors (Lipinski definition) is 6. The Balaban J connectivity index is 0.00000312. The molecule has 0 saturated carbocycles. The van der Waals surface area contributed by atoms with E-state index in [0.717, 1.165) is 31.7 Å². The number of piperazine rings is 1. The van der Waals surface area contributed by atoms with E-state index >= 15 is 0 Å². The molecule has 150 valence electrons. The van der Waals surface area contributed by atoms with Crippen LogP contribution in [0.5, 0.6) is 0 Å².